The minimum absolute atomic E-state index is 0.181. The van der Waals surface area contributed by atoms with Crippen molar-refractivity contribution in [2.24, 2.45) is 5.92 Å². The van der Waals surface area contributed by atoms with Crippen molar-refractivity contribution in [3.8, 4) is 0 Å². The molecule has 0 saturated carbocycles. The summed E-state index contributed by atoms with van der Waals surface area (Å²) in [5.41, 5.74) is 1.27. The normalized spacial score (nSPS) is 28.3. The highest BCUT2D eigenvalue weighted by molar-refractivity contribution is 5.27. The van der Waals surface area contributed by atoms with E-state index < -0.39 is 0 Å². The number of rotatable bonds is 0. The van der Waals surface area contributed by atoms with Crippen LogP contribution >= 0.6 is 0 Å². The minimum atomic E-state index is 0.181. The summed E-state index contributed by atoms with van der Waals surface area (Å²) in [5.74, 6) is 0.181. The molecule has 0 bridgehead atoms. The van der Waals surface area contributed by atoms with E-state index in [1.54, 1.807) is 0 Å². The zero-order chi connectivity index (χ0) is 5.28. The third-order valence-corrected chi connectivity index (χ3v) is 1.04. The van der Waals surface area contributed by atoms with Gasteiger partial charge >= 0.3 is 0 Å². The lowest BCUT2D eigenvalue weighted by Gasteiger charge is -1.85. The summed E-state index contributed by atoms with van der Waals surface area (Å²) >= 11 is 0. The van der Waals surface area contributed by atoms with Crippen LogP contribution < -0.4 is 0 Å². The summed E-state index contributed by atoms with van der Waals surface area (Å²) in [6, 6.07) is 0. The van der Waals surface area contributed by atoms with Crippen LogP contribution in [0.1, 0.15) is 6.92 Å². The van der Waals surface area contributed by atoms with E-state index in [2.05, 4.69) is 0 Å². The molecule has 2 radical (unpaired) electrons. The Morgan fingerprint density at radius 1 is 1.71 bits per heavy atom. The fraction of sp³-hybridized carbons (Fsp3) is 0.286. The van der Waals surface area contributed by atoms with Gasteiger partial charge < -0.3 is 0 Å². The molecule has 36 valence electrons. The Morgan fingerprint density at radius 2 is 2.43 bits per heavy atom. The summed E-state index contributed by atoms with van der Waals surface area (Å²) < 4.78 is 0. The lowest BCUT2D eigenvalue weighted by atomic mass is 10.2. The Morgan fingerprint density at radius 3 is 2.57 bits per heavy atom. The molecule has 0 aliphatic heterocycles. The van der Waals surface area contributed by atoms with Crippen molar-refractivity contribution in [1.29, 1.82) is 0 Å². The summed E-state index contributed by atoms with van der Waals surface area (Å²) in [7, 11) is 0. The molecule has 7 heavy (non-hydrogen) atoms. The topological polar surface area (TPSA) is 0 Å². The van der Waals surface area contributed by atoms with Crippen molar-refractivity contribution >= 4 is 0 Å². The quantitative estimate of drug-likeness (QED) is 0.427. The van der Waals surface area contributed by atoms with Crippen molar-refractivity contribution in [3.63, 3.8) is 0 Å². The molecule has 0 aromatic rings. The first-order valence-corrected chi connectivity index (χ1v) is 2.41. The van der Waals surface area contributed by atoms with Crippen LogP contribution in [0.2, 0.25) is 0 Å². The second-order valence-electron chi connectivity index (χ2n) is 1.85. The fourth-order valence-corrected chi connectivity index (χ4v) is 0.678. The van der Waals surface area contributed by atoms with Crippen LogP contribution in [-0.2, 0) is 0 Å². The maximum Gasteiger partial charge on any atom is -0.00101 e. The smallest absolute Gasteiger partial charge is 0.00101 e. The molecule has 0 N–H and O–H groups in total. The molecule has 1 aliphatic rings. The third kappa shape index (κ3) is 0.923. The summed E-state index contributed by atoms with van der Waals surface area (Å²) in [6.45, 7) is 7.51. The van der Waals surface area contributed by atoms with Crippen molar-refractivity contribution in [1.82, 2.24) is 0 Å². The van der Waals surface area contributed by atoms with Gasteiger partial charge in [-0.05, 0) is 19.8 Å². The van der Waals surface area contributed by atoms with E-state index in [-0.39, 0.29) is 5.92 Å². The zero-order valence-electron chi connectivity index (χ0n) is 4.39. The molecule has 0 saturated heterocycles. The summed E-state index contributed by atoms with van der Waals surface area (Å²) in [5, 5.41) is 0. The highest BCUT2D eigenvalue weighted by Gasteiger charge is 1.97. The van der Waals surface area contributed by atoms with Crippen molar-refractivity contribution in [3.05, 3.63) is 30.7 Å². The van der Waals surface area contributed by atoms with Gasteiger partial charge in [-0.1, -0.05) is 23.8 Å². The molecule has 0 fully saturated rings. The van der Waals surface area contributed by atoms with Gasteiger partial charge in [0.1, 0.15) is 0 Å². The van der Waals surface area contributed by atoms with E-state index in [0.717, 1.165) is 0 Å². The van der Waals surface area contributed by atoms with Crippen LogP contribution in [0.5, 0.6) is 0 Å². The maximum absolute atomic E-state index is 5.46. The Hall–Kier alpha value is -0.520. The molecule has 0 heterocycles. The number of hydrogen-bond donors (Lipinski definition) is 0. The van der Waals surface area contributed by atoms with E-state index in [4.69, 9.17) is 6.92 Å². The molecule has 1 rings (SSSR count). The first-order chi connectivity index (χ1) is 3.29. The van der Waals surface area contributed by atoms with Crippen LogP contribution in [0.25, 0.3) is 0 Å². The van der Waals surface area contributed by atoms with Crippen molar-refractivity contribution in [2.75, 3.05) is 0 Å². The van der Waals surface area contributed by atoms with Gasteiger partial charge in [-0.15, -0.1) is 0 Å². The largest absolute Gasteiger partial charge is 0.0771 e. The van der Waals surface area contributed by atoms with Gasteiger partial charge in [0.15, 0.2) is 0 Å². The Kier molecular flexibility index (Phi) is 1.01. The zero-order valence-corrected chi connectivity index (χ0v) is 4.39. The molecule has 1 atom stereocenters. The Labute approximate surface area is 44.5 Å². The van der Waals surface area contributed by atoms with Gasteiger partial charge in [-0.25, -0.2) is 0 Å². The summed E-state index contributed by atoms with van der Waals surface area (Å²) in [6.07, 6.45) is 6.04. The Bertz CT molecular complexity index is 118. The average Bonchev–Trinajstić information content (AvgIpc) is 1.87. The van der Waals surface area contributed by atoms with Crippen LogP contribution in [0.4, 0.5) is 0 Å². The second-order valence-corrected chi connectivity index (χ2v) is 1.85. The predicted octanol–water partition coefficient (Wildman–Crippen LogP) is 1.83. The van der Waals surface area contributed by atoms with E-state index in [0.29, 0.717) is 0 Å². The van der Waals surface area contributed by atoms with E-state index in [1.165, 1.54) is 5.57 Å². The fourth-order valence-electron chi connectivity index (χ4n) is 0.678. The van der Waals surface area contributed by atoms with E-state index >= 15 is 0 Å². The SMILES string of the molecule is [CH]C1C=CC(C)=C1. The second kappa shape index (κ2) is 1.53. The first-order valence-electron chi connectivity index (χ1n) is 2.41. The maximum atomic E-state index is 5.46. The van der Waals surface area contributed by atoms with E-state index in [9.17, 15) is 0 Å². The molecule has 0 aromatic carbocycles. The number of hydrogen-bond acceptors (Lipinski definition) is 0. The average molecular weight is 92.1 g/mol. The molecule has 0 aromatic heterocycles. The van der Waals surface area contributed by atoms with Gasteiger partial charge in [0, 0.05) is 0 Å². The van der Waals surface area contributed by atoms with Crippen LogP contribution in [0, 0.1) is 12.8 Å². The van der Waals surface area contributed by atoms with Crippen molar-refractivity contribution < 1.29 is 0 Å². The number of allylic oxidation sites excluding steroid dienone is 4. The predicted molar refractivity (Wildman–Crippen MR) is 30.7 cm³/mol. The van der Waals surface area contributed by atoms with Gasteiger partial charge in [0.05, 0.1) is 0 Å². The molecule has 1 unspecified atom stereocenters. The van der Waals surface area contributed by atoms with Crippen molar-refractivity contribution in [2.45, 2.75) is 6.92 Å². The standard InChI is InChI=1S/C7H8/c1-6-3-4-7(2)5-6/h1,3-6H,2H3. The molecular formula is C7H8. The Balaban J connectivity index is 2.69. The van der Waals surface area contributed by atoms with E-state index in [1.807, 2.05) is 25.2 Å². The molecule has 0 amide bonds. The minimum Gasteiger partial charge on any atom is -0.0771 e. The van der Waals surface area contributed by atoms with Gasteiger partial charge in [0.25, 0.3) is 0 Å². The van der Waals surface area contributed by atoms with Crippen LogP contribution in [-0.4, -0.2) is 0 Å². The molecule has 0 nitrogen and oxygen atoms in total. The van der Waals surface area contributed by atoms with Gasteiger partial charge in [0.2, 0.25) is 0 Å². The van der Waals surface area contributed by atoms with Gasteiger partial charge in [-0.3, -0.25) is 0 Å². The monoisotopic (exact) mass is 92.1 g/mol. The van der Waals surface area contributed by atoms with Gasteiger partial charge in [-0.2, -0.15) is 0 Å². The van der Waals surface area contributed by atoms with Crippen LogP contribution in [0.15, 0.2) is 23.8 Å². The molecule has 0 heteroatoms. The van der Waals surface area contributed by atoms with Crippen LogP contribution in [0.3, 0.4) is 0 Å². The molecule has 0 spiro atoms. The lowest BCUT2D eigenvalue weighted by Crippen LogP contribution is -1.74. The third-order valence-electron chi connectivity index (χ3n) is 1.04. The first kappa shape index (κ1) is 4.63. The highest BCUT2D eigenvalue weighted by Crippen LogP contribution is 2.12. The molecule has 1 aliphatic carbocycles. The molecular weight excluding hydrogens is 84.1 g/mol. The summed E-state index contributed by atoms with van der Waals surface area (Å²) in [4.78, 5) is 0. The highest BCUT2D eigenvalue weighted by atomic mass is 14.0. The lowest BCUT2D eigenvalue weighted by molar-refractivity contribution is 1.08.